The van der Waals surface area contributed by atoms with Crippen LogP contribution in [0.4, 0.5) is 4.79 Å². The number of carbonyl (C=O) groups excluding carboxylic acids is 1. The van der Waals surface area contributed by atoms with Crippen LogP contribution in [-0.4, -0.2) is 11.7 Å². The summed E-state index contributed by atoms with van der Waals surface area (Å²) >= 11 is 0. The lowest BCUT2D eigenvalue weighted by molar-refractivity contribution is 0.0495. The van der Waals surface area contributed by atoms with Crippen LogP contribution in [0.15, 0.2) is 16.7 Å². The molecule has 0 bridgehead atoms. The van der Waals surface area contributed by atoms with Crippen LogP contribution in [0.5, 0.6) is 0 Å². The first-order valence-electron chi connectivity index (χ1n) is 5.13. The molecule has 0 fully saturated rings. The Hall–Kier alpha value is -1.49. The van der Waals surface area contributed by atoms with Gasteiger partial charge in [-0.25, -0.2) is 10.2 Å². The van der Waals surface area contributed by atoms with E-state index in [0.29, 0.717) is 6.54 Å². The maximum absolute atomic E-state index is 11.2. The fraction of sp³-hybridized carbons (Fsp3) is 0.545. The highest BCUT2D eigenvalue weighted by Gasteiger charge is 2.15. The Kier molecular flexibility index (Phi) is 3.95. The highest BCUT2D eigenvalue weighted by atomic mass is 16.6. The number of rotatable bonds is 3. The predicted octanol–water partition coefficient (Wildman–Crippen LogP) is 2.12. The Bertz CT molecular complexity index is 352. The Labute approximate surface area is 95.1 Å². The molecule has 5 heteroatoms. The second-order valence-corrected chi connectivity index (χ2v) is 4.51. The number of furan rings is 1. The van der Waals surface area contributed by atoms with Crippen LogP contribution in [0.2, 0.25) is 0 Å². The molecule has 2 N–H and O–H groups in total. The van der Waals surface area contributed by atoms with Gasteiger partial charge in [0.2, 0.25) is 0 Å². The summed E-state index contributed by atoms with van der Waals surface area (Å²) in [5, 5.41) is 0. The van der Waals surface area contributed by atoms with E-state index in [1.54, 1.807) is 6.26 Å². The van der Waals surface area contributed by atoms with Gasteiger partial charge in [0.05, 0.1) is 12.8 Å². The molecule has 0 aliphatic heterocycles. The summed E-state index contributed by atoms with van der Waals surface area (Å²) < 4.78 is 10.2. The quantitative estimate of drug-likeness (QED) is 0.775. The Balaban J connectivity index is 2.26. The SMILES string of the molecule is Cc1ccoc1CNNC(=O)OC(C)(C)C. The number of hydrazine groups is 1. The molecule has 1 heterocycles. The normalized spacial score (nSPS) is 11.2. The zero-order valence-electron chi connectivity index (χ0n) is 10.1. The molecule has 0 atom stereocenters. The molecule has 0 unspecified atom stereocenters. The van der Waals surface area contributed by atoms with E-state index >= 15 is 0 Å². The number of carbonyl (C=O) groups is 1. The van der Waals surface area contributed by atoms with Crippen LogP contribution in [0.25, 0.3) is 0 Å². The molecule has 0 spiro atoms. The molecule has 16 heavy (non-hydrogen) atoms. The highest BCUT2D eigenvalue weighted by molar-refractivity contribution is 5.66. The number of hydrogen-bond donors (Lipinski definition) is 2. The molecule has 1 aromatic heterocycles. The van der Waals surface area contributed by atoms with Gasteiger partial charge in [0.25, 0.3) is 0 Å². The Morgan fingerprint density at radius 1 is 1.50 bits per heavy atom. The molecule has 90 valence electrons. The van der Waals surface area contributed by atoms with Gasteiger partial charge < -0.3 is 9.15 Å². The maximum atomic E-state index is 11.2. The predicted molar refractivity (Wildman–Crippen MR) is 59.7 cm³/mol. The van der Waals surface area contributed by atoms with Gasteiger partial charge in [-0.2, -0.15) is 0 Å². The fourth-order valence-corrected chi connectivity index (χ4v) is 1.09. The van der Waals surface area contributed by atoms with Crippen molar-refractivity contribution >= 4 is 6.09 Å². The maximum Gasteiger partial charge on any atom is 0.422 e. The Morgan fingerprint density at radius 3 is 2.69 bits per heavy atom. The summed E-state index contributed by atoms with van der Waals surface area (Å²) in [6.07, 6.45) is 1.11. The van der Waals surface area contributed by atoms with E-state index < -0.39 is 11.7 Å². The lowest BCUT2D eigenvalue weighted by atomic mass is 10.2. The topological polar surface area (TPSA) is 63.5 Å². The van der Waals surface area contributed by atoms with Crippen LogP contribution in [0.1, 0.15) is 32.1 Å². The first-order chi connectivity index (χ1) is 7.38. The van der Waals surface area contributed by atoms with Crippen molar-refractivity contribution in [3.63, 3.8) is 0 Å². The largest absolute Gasteiger partial charge is 0.468 e. The minimum absolute atomic E-state index is 0.429. The molecule has 1 aromatic rings. The minimum atomic E-state index is -0.503. The van der Waals surface area contributed by atoms with Crippen molar-refractivity contribution in [1.29, 1.82) is 0 Å². The molecule has 1 amide bonds. The van der Waals surface area contributed by atoms with E-state index in [9.17, 15) is 4.79 Å². The summed E-state index contributed by atoms with van der Waals surface area (Å²) in [6, 6.07) is 1.87. The molecule has 0 saturated carbocycles. The third-order valence-corrected chi connectivity index (χ3v) is 1.81. The van der Waals surface area contributed by atoms with E-state index in [0.717, 1.165) is 11.3 Å². The third-order valence-electron chi connectivity index (χ3n) is 1.81. The first kappa shape index (κ1) is 12.6. The summed E-state index contributed by atoms with van der Waals surface area (Å²) in [5.74, 6) is 0.788. The van der Waals surface area contributed by atoms with Crippen LogP contribution < -0.4 is 10.9 Å². The zero-order chi connectivity index (χ0) is 12.2. The smallest absolute Gasteiger partial charge is 0.422 e. The Morgan fingerprint density at radius 2 is 2.19 bits per heavy atom. The molecular formula is C11H18N2O3. The second-order valence-electron chi connectivity index (χ2n) is 4.51. The number of hydrogen-bond acceptors (Lipinski definition) is 4. The van der Waals surface area contributed by atoms with Crippen molar-refractivity contribution in [3.8, 4) is 0 Å². The van der Waals surface area contributed by atoms with Crippen LogP contribution in [0, 0.1) is 6.92 Å². The van der Waals surface area contributed by atoms with E-state index in [-0.39, 0.29) is 0 Å². The van der Waals surface area contributed by atoms with Gasteiger partial charge in [-0.05, 0) is 39.3 Å². The minimum Gasteiger partial charge on any atom is -0.468 e. The summed E-state index contributed by atoms with van der Waals surface area (Å²) in [6.45, 7) is 7.79. The van der Waals surface area contributed by atoms with Crippen LogP contribution in [0.3, 0.4) is 0 Å². The van der Waals surface area contributed by atoms with Crippen molar-refractivity contribution in [2.75, 3.05) is 0 Å². The summed E-state index contributed by atoms with van der Waals surface area (Å²) in [5.41, 5.74) is 5.71. The number of amides is 1. The van der Waals surface area contributed by atoms with Crippen LogP contribution in [-0.2, 0) is 11.3 Å². The van der Waals surface area contributed by atoms with Gasteiger partial charge in [0, 0.05) is 0 Å². The standard InChI is InChI=1S/C11H18N2O3/c1-8-5-6-15-9(8)7-12-13-10(14)16-11(2,3)4/h5-6,12H,7H2,1-4H3,(H,13,14). The first-order valence-corrected chi connectivity index (χ1v) is 5.13. The second kappa shape index (κ2) is 5.03. The van der Waals surface area contributed by atoms with Gasteiger partial charge in [0.15, 0.2) is 0 Å². The van der Waals surface area contributed by atoms with Gasteiger partial charge in [-0.3, -0.25) is 5.43 Å². The van der Waals surface area contributed by atoms with E-state index in [1.165, 1.54) is 0 Å². The van der Waals surface area contributed by atoms with Crippen molar-refractivity contribution < 1.29 is 13.9 Å². The fourth-order valence-electron chi connectivity index (χ4n) is 1.09. The lowest BCUT2D eigenvalue weighted by Gasteiger charge is -2.19. The molecule has 5 nitrogen and oxygen atoms in total. The van der Waals surface area contributed by atoms with E-state index in [2.05, 4.69) is 10.9 Å². The number of aryl methyl sites for hydroxylation is 1. The molecule has 0 aromatic carbocycles. The average Bonchev–Trinajstić information content (AvgIpc) is 2.48. The third kappa shape index (κ3) is 4.35. The highest BCUT2D eigenvalue weighted by Crippen LogP contribution is 2.08. The molecular weight excluding hydrogens is 208 g/mol. The van der Waals surface area contributed by atoms with Crippen molar-refractivity contribution in [3.05, 3.63) is 23.7 Å². The van der Waals surface area contributed by atoms with E-state index in [1.807, 2.05) is 33.8 Å². The molecule has 0 saturated heterocycles. The average molecular weight is 226 g/mol. The van der Waals surface area contributed by atoms with Crippen LogP contribution >= 0.6 is 0 Å². The van der Waals surface area contributed by atoms with Gasteiger partial charge in [0.1, 0.15) is 11.4 Å². The number of nitrogens with one attached hydrogen (secondary N) is 2. The summed E-state index contributed by atoms with van der Waals surface area (Å²) in [4.78, 5) is 11.2. The molecule has 0 aliphatic carbocycles. The molecule has 1 rings (SSSR count). The monoisotopic (exact) mass is 226 g/mol. The molecule has 0 radical (unpaired) electrons. The van der Waals surface area contributed by atoms with E-state index in [4.69, 9.17) is 9.15 Å². The van der Waals surface area contributed by atoms with Gasteiger partial charge in [-0.15, -0.1) is 0 Å². The zero-order valence-corrected chi connectivity index (χ0v) is 10.1. The van der Waals surface area contributed by atoms with Gasteiger partial charge >= 0.3 is 6.09 Å². The van der Waals surface area contributed by atoms with Crippen molar-refractivity contribution in [2.24, 2.45) is 0 Å². The molecule has 0 aliphatic rings. The van der Waals surface area contributed by atoms with Crippen molar-refractivity contribution in [2.45, 2.75) is 39.8 Å². The van der Waals surface area contributed by atoms with Gasteiger partial charge in [-0.1, -0.05) is 0 Å². The summed E-state index contributed by atoms with van der Waals surface area (Å²) in [7, 11) is 0. The van der Waals surface area contributed by atoms with Crippen molar-refractivity contribution in [1.82, 2.24) is 10.9 Å². The lowest BCUT2D eigenvalue weighted by Crippen LogP contribution is -2.40. The number of ether oxygens (including phenoxy) is 1.